The van der Waals surface area contributed by atoms with E-state index in [1.54, 1.807) is 6.92 Å². The smallest absolute Gasteiger partial charge is 0.239 e. The second-order valence-corrected chi connectivity index (χ2v) is 6.62. The van der Waals surface area contributed by atoms with Crippen LogP contribution in [0.4, 0.5) is 0 Å². The van der Waals surface area contributed by atoms with Crippen molar-refractivity contribution >= 4 is 5.91 Å². The Labute approximate surface area is 147 Å². The van der Waals surface area contributed by atoms with Gasteiger partial charge in [0.1, 0.15) is 0 Å². The lowest BCUT2D eigenvalue weighted by atomic mass is 9.95. The average molecular weight is 345 g/mol. The SMILES string of the molecule is C[C@](N)(CCCCN)C(=O)NCCCNCCCCNCCCN. The highest BCUT2D eigenvalue weighted by Gasteiger charge is 2.26. The minimum absolute atomic E-state index is 0.0666. The maximum atomic E-state index is 12.0. The van der Waals surface area contributed by atoms with Crippen LogP contribution in [0.25, 0.3) is 0 Å². The molecular formula is C17H40N6O. The Bertz CT molecular complexity index is 299. The van der Waals surface area contributed by atoms with Crippen molar-refractivity contribution in [2.24, 2.45) is 17.2 Å². The Morgan fingerprint density at radius 3 is 1.92 bits per heavy atom. The minimum Gasteiger partial charge on any atom is -0.354 e. The molecule has 0 saturated heterocycles. The summed E-state index contributed by atoms with van der Waals surface area (Å²) in [6.45, 7) is 7.84. The van der Waals surface area contributed by atoms with Crippen LogP contribution in [0.2, 0.25) is 0 Å². The molecule has 9 N–H and O–H groups in total. The Balaban J connectivity index is 3.41. The van der Waals surface area contributed by atoms with Crippen LogP contribution in [0.1, 0.15) is 51.9 Å². The molecule has 0 aliphatic carbocycles. The summed E-state index contributed by atoms with van der Waals surface area (Å²) in [6.07, 6.45) is 6.75. The number of nitrogens with two attached hydrogens (primary N) is 3. The van der Waals surface area contributed by atoms with Crippen LogP contribution < -0.4 is 33.2 Å². The Hall–Kier alpha value is -0.730. The van der Waals surface area contributed by atoms with Crippen molar-refractivity contribution in [1.82, 2.24) is 16.0 Å². The van der Waals surface area contributed by atoms with Gasteiger partial charge in [-0.15, -0.1) is 0 Å². The van der Waals surface area contributed by atoms with E-state index in [-0.39, 0.29) is 5.91 Å². The van der Waals surface area contributed by atoms with Gasteiger partial charge < -0.3 is 33.2 Å². The third-order valence-electron chi connectivity index (χ3n) is 4.00. The molecule has 24 heavy (non-hydrogen) atoms. The third-order valence-corrected chi connectivity index (χ3v) is 4.00. The van der Waals surface area contributed by atoms with Crippen LogP contribution in [-0.4, -0.2) is 57.3 Å². The fraction of sp³-hybridized carbons (Fsp3) is 0.941. The van der Waals surface area contributed by atoms with Crippen LogP contribution in [0.15, 0.2) is 0 Å². The molecule has 0 unspecified atom stereocenters. The molecule has 0 heterocycles. The van der Waals surface area contributed by atoms with Crippen LogP contribution in [0.5, 0.6) is 0 Å². The summed E-state index contributed by atoms with van der Waals surface area (Å²) in [5.74, 6) is -0.0666. The first kappa shape index (κ1) is 23.3. The molecule has 0 aliphatic rings. The second kappa shape index (κ2) is 15.8. The second-order valence-electron chi connectivity index (χ2n) is 6.62. The topological polar surface area (TPSA) is 131 Å². The summed E-state index contributed by atoms with van der Waals surface area (Å²) in [6, 6.07) is 0. The number of rotatable bonds is 17. The largest absolute Gasteiger partial charge is 0.354 e. The summed E-state index contributed by atoms with van der Waals surface area (Å²) >= 11 is 0. The Morgan fingerprint density at radius 1 is 0.792 bits per heavy atom. The van der Waals surface area contributed by atoms with E-state index < -0.39 is 5.54 Å². The van der Waals surface area contributed by atoms with E-state index in [1.807, 2.05) is 0 Å². The number of hydrogen-bond donors (Lipinski definition) is 6. The summed E-state index contributed by atoms with van der Waals surface area (Å²) in [7, 11) is 0. The first-order chi connectivity index (χ1) is 11.5. The van der Waals surface area contributed by atoms with Crippen LogP contribution >= 0.6 is 0 Å². The van der Waals surface area contributed by atoms with Crippen molar-refractivity contribution < 1.29 is 4.79 Å². The Morgan fingerprint density at radius 2 is 1.33 bits per heavy atom. The predicted octanol–water partition coefficient (Wildman–Crippen LogP) is -0.353. The highest BCUT2D eigenvalue weighted by molar-refractivity contribution is 5.85. The number of amides is 1. The van der Waals surface area contributed by atoms with Gasteiger partial charge in [0.05, 0.1) is 5.54 Å². The van der Waals surface area contributed by atoms with Crippen molar-refractivity contribution in [2.45, 2.75) is 57.4 Å². The lowest BCUT2D eigenvalue weighted by Crippen LogP contribution is -2.52. The van der Waals surface area contributed by atoms with E-state index in [0.29, 0.717) is 19.5 Å². The summed E-state index contributed by atoms with van der Waals surface area (Å²) < 4.78 is 0. The van der Waals surface area contributed by atoms with Gasteiger partial charge in [-0.2, -0.15) is 0 Å². The van der Waals surface area contributed by atoms with Crippen molar-refractivity contribution in [3.8, 4) is 0 Å². The van der Waals surface area contributed by atoms with Crippen LogP contribution in [0.3, 0.4) is 0 Å². The van der Waals surface area contributed by atoms with Gasteiger partial charge in [0, 0.05) is 6.54 Å². The minimum atomic E-state index is -0.792. The average Bonchev–Trinajstić information content (AvgIpc) is 2.55. The quantitative estimate of drug-likeness (QED) is 0.200. The standard InChI is InChI=1S/C17H40N6O/c1-17(20,8-2-3-9-18)16(24)23-15-7-14-22-12-5-4-11-21-13-6-10-19/h21-22H,2-15,18-20H2,1H3,(H,23,24)/t17-/m0/s1. The zero-order valence-electron chi connectivity index (χ0n) is 15.5. The number of nitrogens with one attached hydrogen (secondary N) is 3. The first-order valence-electron chi connectivity index (χ1n) is 9.43. The number of carbonyl (C=O) groups is 1. The molecular weight excluding hydrogens is 304 g/mol. The predicted molar refractivity (Wildman–Crippen MR) is 102 cm³/mol. The van der Waals surface area contributed by atoms with Gasteiger partial charge in [-0.3, -0.25) is 4.79 Å². The molecule has 7 nitrogen and oxygen atoms in total. The van der Waals surface area contributed by atoms with Crippen molar-refractivity contribution in [3.63, 3.8) is 0 Å². The maximum absolute atomic E-state index is 12.0. The molecule has 0 aliphatic heterocycles. The van der Waals surface area contributed by atoms with Crippen LogP contribution in [0, 0.1) is 0 Å². The van der Waals surface area contributed by atoms with Gasteiger partial charge in [-0.25, -0.2) is 0 Å². The molecule has 0 aromatic heterocycles. The molecule has 1 amide bonds. The first-order valence-corrected chi connectivity index (χ1v) is 9.43. The molecule has 0 aromatic rings. The van der Waals surface area contributed by atoms with Gasteiger partial charge >= 0.3 is 0 Å². The van der Waals surface area contributed by atoms with Gasteiger partial charge in [0.25, 0.3) is 0 Å². The maximum Gasteiger partial charge on any atom is 0.239 e. The number of hydrogen-bond acceptors (Lipinski definition) is 6. The zero-order valence-corrected chi connectivity index (χ0v) is 15.5. The molecule has 0 spiro atoms. The summed E-state index contributed by atoms with van der Waals surface area (Å²) in [5, 5.41) is 9.69. The molecule has 7 heteroatoms. The van der Waals surface area contributed by atoms with Crippen molar-refractivity contribution in [1.29, 1.82) is 0 Å². The summed E-state index contributed by atoms with van der Waals surface area (Å²) in [5.41, 5.74) is 16.2. The highest BCUT2D eigenvalue weighted by Crippen LogP contribution is 2.10. The molecule has 144 valence electrons. The third kappa shape index (κ3) is 13.7. The van der Waals surface area contributed by atoms with E-state index in [1.165, 1.54) is 6.42 Å². The van der Waals surface area contributed by atoms with Crippen molar-refractivity contribution in [2.75, 3.05) is 45.8 Å². The lowest BCUT2D eigenvalue weighted by molar-refractivity contribution is -0.126. The Kier molecular flexibility index (Phi) is 15.3. The van der Waals surface area contributed by atoms with Gasteiger partial charge in [-0.05, 0) is 91.1 Å². The van der Waals surface area contributed by atoms with Crippen LogP contribution in [-0.2, 0) is 4.79 Å². The normalized spacial score (nSPS) is 13.7. The molecule has 0 aromatic carbocycles. The van der Waals surface area contributed by atoms with E-state index in [4.69, 9.17) is 17.2 Å². The molecule has 0 radical (unpaired) electrons. The monoisotopic (exact) mass is 344 g/mol. The molecule has 0 saturated carbocycles. The number of unbranched alkanes of at least 4 members (excludes halogenated alkanes) is 2. The molecule has 0 rings (SSSR count). The van der Waals surface area contributed by atoms with E-state index >= 15 is 0 Å². The summed E-state index contributed by atoms with van der Waals surface area (Å²) in [4.78, 5) is 12.0. The lowest BCUT2D eigenvalue weighted by Gasteiger charge is -2.23. The van der Waals surface area contributed by atoms with Gasteiger partial charge in [-0.1, -0.05) is 0 Å². The molecule has 0 bridgehead atoms. The van der Waals surface area contributed by atoms with Gasteiger partial charge in [0.15, 0.2) is 0 Å². The number of carbonyl (C=O) groups excluding carboxylic acids is 1. The van der Waals surface area contributed by atoms with E-state index in [2.05, 4.69) is 16.0 Å². The molecule has 0 fully saturated rings. The zero-order chi connectivity index (χ0) is 18.1. The highest BCUT2D eigenvalue weighted by atomic mass is 16.2. The van der Waals surface area contributed by atoms with E-state index in [0.717, 1.165) is 64.8 Å². The van der Waals surface area contributed by atoms with Gasteiger partial charge in [0.2, 0.25) is 5.91 Å². The fourth-order valence-electron chi connectivity index (χ4n) is 2.34. The van der Waals surface area contributed by atoms with Crippen molar-refractivity contribution in [3.05, 3.63) is 0 Å². The molecule has 1 atom stereocenters. The fourth-order valence-corrected chi connectivity index (χ4v) is 2.34. The van der Waals surface area contributed by atoms with E-state index in [9.17, 15) is 4.79 Å².